The summed E-state index contributed by atoms with van der Waals surface area (Å²) in [6.07, 6.45) is 0. The first-order valence-corrected chi connectivity index (χ1v) is 6.54. The van der Waals surface area contributed by atoms with Crippen molar-refractivity contribution in [2.45, 2.75) is 6.54 Å². The molecule has 0 amide bonds. The molecule has 0 unspecified atom stereocenters. The van der Waals surface area contributed by atoms with Gasteiger partial charge >= 0.3 is 0 Å². The lowest BCUT2D eigenvalue weighted by atomic mass is 10.00. The molecule has 0 bridgehead atoms. The van der Waals surface area contributed by atoms with E-state index in [1.54, 1.807) is 0 Å². The zero-order valence-corrected chi connectivity index (χ0v) is 11.8. The number of rotatable bonds is 2. The van der Waals surface area contributed by atoms with Crippen LogP contribution >= 0.6 is 31.9 Å². The second kappa shape index (κ2) is 5.13. The Balaban J connectivity index is 2.51. The standard InChI is InChI=1S/C13H11Br2N/c14-11-3-1-9(2-4-11)13-6-5-12(15)7-10(13)8-16/h1-7H,8,16H2. The summed E-state index contributed by atoms with van der Waals surface area (Å²) in [7, 11) is 0. The van der Waals surface area contributed by atoms with Crippen LogP contribution in [0.2, 0.25) is 0 Å². The number of hydrogen-bond donors (Lipinski definition) is 1. The van der Waals surface area contributed by atoms with E-state index in [4.69, 9.17) is 5.73 Å². The molecule has 0 spiro atoms. The summed E-state index contributed by atoms with van der Waals surface area (Å²) < 4.78 is 2.15. The molecule has 0 aliphatic heterocycles. The van der Waals surface area contributed by atoms with Crippen LogP contribution in [0.15, 0.2) is 51.4 Å². The molecule has 1 nitrogen and oxygen atoms in total. The molecule has 0 fully saturated rings. The van der Waals surface area contributed by atoms with Crippen molar-refractivity contribution in [1.82, 2.24) is 0 Å². The van der Waals surface area contributed by atoms with Crippen LogP contribution in [0.1, 0.15) is 5.56 Å². The largest absolute Gasteiger partial charge is 0.326 e. The van der Waals surface area contributed by atoms with E-state index < -0.39 is 0 Å². The van der Waals surface area contributed by atoms with Crippen LogP contribution in [0.25, 0.3) is 11.1 Å². The van der Waals surface area contributed by atoms with Gasteiger partial charge in [0.2, 0.25) is 0 Å². The molecule has 16 heavy (non-hydrogen) atoms. The molecule has 0 saturated carbocycles. The van der Waals surface area contributed by atoms with Crippen LogP contribution < -0.4 is 5.73 Å². The van der Waals surface area contributed by atoms with Gasteiger partial charge in [-0.1, -0.05) is 50.1 Å². The van der Waals surface area contributed by atoms with E-state index in [1.807, 2.05) is 18.2 Å². The minimum absolute atomic E-state index is 0.546. The monoisotopic (exact) mass is 339 g/mol. The zero-order chi connectivity index (χ0) is 11.5. The molecule has 0 heterocycles. The summed E-state index contributed by atoms with van der Waals surface area (Å²) in [5.41, 5.74) is 9.29. The molecule has 0 radical (unpaired) electrons. The third-order valence-electron chi connectivity index (χ3n) is 2.44. The van der Waals surface area contributed by atoms with Crippen molar-refractivity contribution in [1.29, 1.82) is 0 Å². The molecule has 2 rings (SSSR count). The van der Waals surface area contributed by atoms with Crippen molar-refractivity contribution in [2.75, 3.05) is 0 Å². The van der Waals surface area contributed by atoms with E-state index in [0.29, 0.717) is 6.54 Å². The van der Waals surface area contributed by atoms with Crippen molar-refractivity contribution < 1.29 is 0 Å². The highest BCUT2D eigenvalue weighted by Crippen LogP contribution is 2.27. The molecule has 82 valence electrons. The smallest absolute Gasteiger partial charge is 0.0184 e. The Morgan fingerprint density at radius 1 is 0.875 bits per heavy atom. The summed E-state index contributed by atoms with van der Waals surface area (Å²) in [6.45, 7) is 0.546. The van der Waals surface area contributed by atoms with E-state index in [0.717, 1.165) is 14.5 Å². The fourth-order valence-corrected chi connectivity index (χ4v) is 2.32. The Morgan fingerprint density at radius 3 is 2.12 bits per heavy atom. The first-order valence-electron chi connectivity index (χ1n) is 4.95. The number of halogens is 2. The van der Waals surface area contributed by atoms with E-state index in [9.17, 15) is 0 Å². The van der Waals surface area contributed by atoms with Gasteiger partial charge in [0, 0.05) is 15.5 Å². The minimum Gasteiger partial charge on any atom is -0.326 e. The van der Waals surface area contributed by atoms with Crippen molar-refractivity contribution in [3.05, 3.63) is 57.0 Å². The van der Waals surface area contributed by atoms with Gasteiger partial charge in [0.25, 0.3) is 0 Å². The fourth-order valence-electron chi connectivity index (χ4n) is 1.64. The first-order chi connectivity index (χ1) is 7.70. The number of nitrogens with two attached hydrogens (primary N) is 1. The van der Waals surface area contributed by atoms with E-state index in [-0.39, 0.29) is 0 Å². The van der Waals surface area contributed by atoms with Gasteiger partial charge in [0.15, 0.2) is 0 Å². The zero-order valence-electron chi connectivity index (χ0n) is 8.58. The van der Waals surface area contributed by atoms with Crippen LogP contribution in [0, 0.1) is 0 Å². The van der Waals surface area contributed by atoms with Crippen LogP contribution in [-0.4, -0.2) is 0 Å². The Labute approximate surface area is 112 Å². The summed E-state index contributed by atoms with van der Waals surface area (Å²) in [4.78, 5) is 0. The van der Waals surface area contributed by atoms with Gasteiger partial charge in [0.05, 0.1) is 0 Å². The Hall–Kier alpha value is -0.640. The Kier molecular flexibility index (Phi) is 3.79. The predicted molar refractivity (Wildman–Crippen MR) is 75.2 cm³/mol. The molecule has 0 aliphatic rings. The maximum absolute atomic E-state index is 5.76. The minimum atomic E-state index is 0.546. The molecule has 0 atom stereocenters. The average Bonchev–Trinajstić information content (AvgIpc) is 2.30. The molecule has 0 saturated heterocycles. The average molecular weight is 341 g/mol. The van der Waals surface area contributed by atoms with Crippen molar-refractivity contribution in [3.63, 3.8) is 0 Å². The maximum Gasteiger partial charge on any atom is 0.0184 e. The Bertz CT molecular complexity index is 492. The fraction of sp³-hybridized carbons (Fsp3) is 0.0769. The first kappa shape index (κ1) is 11.8. The van der Waals surface area contributed by atoms with E-state index in [2.05, 4.69) is 56.1 Å². The van der Waals surface area contributed by atoms with Gasteiger partial charge in [-0.15, -0.1) is 0 Å². The normalized spacial score (nSPS) is 10.4. The number of benzene rings is 2. The molecule has 0 aromatic heterocycles. The van der Waals surface area contributed by atoms with Crippen molar-refractivity contribution in [3.8, 4) is 11.1 Å². The highest BCUT2D eigenvalue weighted by atomic mass is 79.9. The Morgan fingerprint density at radius 2 is 1.50 bits per heavy atom. The third-order valence-corrected chi connectivity index (χ3v) is 3.46. The molecule has 0 aliphatic carbocycles. The second-order valence-electron chi connectivity index (χ2n) is 3.51. The van der Waals surface area contributed by atoms with Crippen LogP contribution in [0.3, 0.4) is 0 Å². The lowest BCUT2D eigenvalue weighted by molar-refractivity contribution is 1.07. The molecular weight excluding hydrogens is 330 g/mol. The van der Waals surface area contributed by atoms with Gasteiger partial charge < -0.3 is 5.73 Å². The summed E-state index contributed by atoms with van der Waals surface area (Å²) in [5.74, 6) is 0. The van der Waals surface area contributed by atoms with Crippen molar-refractivity contribution in [2.24, 2.45) is 5.73 Å². The maximum atomic E-state index is 5.76. The van der Waals surface area contributed by atoms with Gasteiger partial charge in [-0.05, 0) is 41.0 Å². The molecule has 2 aromatic rings. The molecular formula is C13H11Br2N. The summed E-state index contributed by atoms with van der Waals surface area (Å²) in [6, 6.07) is 14.5. The third kappa shape index (κ3) is 2.54. The van der Waals surface area contributed by atoms with Crippen molar-refractivity contribution >= 4 is 31.9 Å². The summed E-state index contributed by atoms with van der Waals surface area (Å²) >= 11 is 6.89. The molecule has 2 aromatic carbocycles. The summed E-state index contributed by atoms with van der Waals surface area (Å²) in [5, 5.41) is 0. The lowest BCUT2D eigenvalue weighted by Gasteiger charge is -2.08. The SMILES string of the molecule is NCc1cc(Br)ccc1-c1ccc(Br)cc1. The van der Waals surface area contributed by atoms with Gasteiger partial charge in [-0.25, -0.2) is 0 Å². The van der Waals surface area contributed by atoms with Gasteiger partial charge in [-0.3, -0.25) is 0 Å². The topological polar surface area (TPSA) is 26.0 Å². The molecule has 3 heteroatoms. The lowest BCUT2D eigenvalue weighted by Crippen LogP contribution is -1.98. The van der Waals surface area contributed by atoms with Crippen LogP contribution in [-0.2, 0) is 6.54 Å². The van der Waals surface area contributed by atoms with E-state index >= 15 is 0 Å². The van der Waals surface area contributed by atoms with Crippen LogP contribution in [0.5, 0.6) is 0 Å². The van der Waals surface area contributed by atoms with E-state index in [1.165, 1.54) is 11.1 Å². The van der Waals surface area contributed by atoms with Gasteiger partial charge in [-0.2, -0.15) is 0 Å². The highest BCUT2D eigenvalue weighted by Gasteiger charge is 2.04. The van der Waals surface area contributed by atoms with Gasteiger partial charge in [0.1, 0.15) is 0 Å². The molecule has 2 N–H and O–H groups in total. The highest BCUT2D eigenvalue weighted by molar-refractivity contribution is 9.10. The second-order valence-corrected chi connectivity index (χ2v) is 5.34. The number of hydrogen-bond acceptors (Lipinski definition) is 1. The van der Waals surface area contributed by atoms with Crippen LogP contribution in [0.4, 0.5) is 0 Å². The quantitative estimate of drug-likeness (QED) is 0.864. The predicted octanol–water partition coefficient (Wildman–Crippen LogP) is 4.34.